The van der Waals surface area contributed by atoms with Gasteiger partial charge in [0, 0.05) is 5.56 Å². The Balaban J connectivity index is 2.19. The van der Waals surface area contributed by atoms with E-state index in [0.717, 1.165) is 5.56 Å². The number of benzene rings is 2. The van der Waals surface area contributed by atoms with E-state index < -0.39 is 5.82 Å². The summed E-state index contributed by atoms with van der Waals surface area (Å²) >= 11 is 11.5. The smallest absolute Gasteiger partial charge is 0.166 e. The fraction of sp³-hybridized carbons (Fsp3) is 0.200. The van der Waals surface area contributed by atoms with Crippen molar-refractivity contribution in [3.8, 4) is 11.5 Å². The van der Waals surface area contributed by atoms with Gasteiger partial charge in [0.2, 0.25) is 0 Å². The van der Waals surface area contributed by atoms with Gasteiger partial charge in [-0.05, 0) is 23.8 Å². The van der Waals surface area contributed by atoms with Gasteiger partial charge in [0.15, 0.2) is 11.5 Å². The zero-order valence-corrected chi connectivity index (χ0v) is 12.3. The summed E-state index contributed by atoms with van der Waals surface area (Å²) in [6, 6.07) is 10.0. The molecule has 0 aliphatic carbocycles. The van der Waals surface area contributed by atoms with Gasteiger partial charge < -0.3 is 9.47 Å². The summed E-state index contributed by atoms with van der Waals surface area (Å²) in [5.41, 5.74) is 1.50. The highest BCUT2D eigenvalue weighted by Crippen LogP contribution is 2.32. The normalized spacial score (nSPS) is 10.4. The summed E-state index contributed by atoms with van der Waals surface area (Å²) in [5, 5.41) is 0.0903. The summed E-state index contributed by atoms with van der Waals surface area (Å²) in [7, 11) is 1.56. The van der Waals surface area contributed by atoms with E-state index >= 15 is 0 Å². The minimum absolute atomic E-state index is 0.0903. The molecular formula is C15H13Cl2FO2. The predicted molar refractivity (Wildman–Crippen MR) is 78.3 cm³/mol. The molecule has 0 spiro atoms. The van der Waals surface area contributed by atoms with Crippen LogP contribution in [-0.4, -0.2) is 7.11 Å². The summed E-state index contributed by atoms with van der Waals surface area (Å²) in [5.74, 6) is 1.00. The van der Waals surface area contributed by atoms with Crippen LogP contribution >= 0.6 is 23.2 Å². The molecule has 0 aliphatic rings. The summed E-state index contributed by atoms with van der Waals surface area (Å²) < 4.78 is 24.3. The van der Waals surface area contributed by atoms with Gasteiger partial charge in [0.05, 0.1) is 18.0 Å². The molecule has 5 heteroatoms. The van der Waals surface area contributed by atoms with Crippen LogP contribution in [0.5, 0.6) is 11.5 Å². The zero-order chi connectivity index (χ0) is 14.5. The minimum atomic E-state index is -0.467. The maximum atomic E-state index is 13.4. The van der Waals surface area contributed by atoms with Gasteiger partial charge in [-0.15, -0.1) is 11.6 Å². The van der Waals surface area contributed by atoms with Gasteiger partial charge in [-0.1, -0.05) is 29.8 Å². The van der Waals surface area contributed by atoms with Crippen molar-refractivity contribution in [3.63, 3.8) is 0 Å². The van der Waals surface area contributed by atoms with E-state index in [1.54, 1.807) is 19.2 Å². The first-order chi connectivity index (χ1) is 9.65. The first kappa shape index (κ1) is 14.9. The van der Waals surface area contributed by atoms with E-state index in [1.807, 2.05) is 12.1 Å². The lowest BCUT2D eigenvalue weighted by molar-refractivity contribution is 0.282. The van der Waals surface area contributed by atoms with Gasteiger partial charge >= 0.3 is 0 Å². The predicted octanol–water partition coefficient (Wildman–Crippen LogP) is 4.81. The van der Waals surface area contributed by atoms with Crippen LogP contribution in [0.15, 0.2) is 36.4 Å². The Labute approximate surface area is 127 Å². The molecule has 0 unspecified atom stereocenters. The monoisotopic (exact) mass is 314 g/mol. The number of para-hydroxylation sites is 1. The largest absolute Gasteiger partial charge is 0.493 e. The average molecular weight is 315 g/mol. The lowest BCUT2D eigenvalue weighted by atomic mass is 10.2. The van der Waals surface area contributed by atoms with Crippen LogP contribution in [0.25, 0.3) is 0 Å². The Morgan fingerprint density at radius 3 is 2.65 bits per heavy atom. The second kappa shape index (κ2) is 6.82. The van der Waals surface area contributed by atoms with Gasteiger partial charge in [-0.25, -0.2) is 4.39 Å². The van der Waals surface area contributed by atoms with Crippen molar-refractivity contribution >= 4 is 23.2 Å². The fourth-order valence-corrected chi connectivity index (χ4v) is 2.10. The van der Waals surface area contributed by atoms with Crippen molar-refractivity contribution in [2.45, 2.75) is 12.5 Å². The number of ether oxygens (including phenoxy) is 2. The molecule has 0 radical (unpaired) electrons. The van der Waals surface area contributed by atoms with Gasteiger partial charge in [0.1, 0.15) is 12.4 Å². The molecule has 0 heterocycles. The van der Waals surface area contributed by atoms with Crippen molar-refractivity contribution in [3.05, 3.63) is 58.4 Å². The standard InChI is InChI=1S/C15H13Cl2FO2/c1-19-14-4-2-3-11(8-16)15(14)20-9-10-5-6-12(17)13(18)7-10/h2-7H,8-9H2,1H3. The Hall–Kier alpha value is -1.45. The molecule has 106 valence electrons. The van der Waals surface area contributed by atoms with Gasteiger partial charge in [-0.3, -0.25) is 0 Å². The molecule has 20 heavy (non-hydrogen) atoms. The van der Waals surface area contributed by atoms with E-state index in [1.165, 1.54) is 12.1 Å². The molecule has 0 fully saturated rings. The minimum Gasteiger partial charge on any atom is -0.493 e. The van der Waals surface area contributed by atoms with Crippen LogP contribution in [0.3, 0.4) is 0 Å². The molecular weight excluding hydrogens is 302 g/mol. The van der Waals surface area contributed by atoms with Crippen LogP contribution in [-0.2, 0) is 12.5 Å². The highest BCUT2D eigenvalue weighted by atomic mass is 35.5. The van der Waals surface area contributed by atoms with Gasteiger partial charge in [0.25, 0.3) is 0 Å². The van der Waals surface area contributed by atoms with Crippen LogP contribution in [0.1, 0.15) is 11.1 Å². The molecule has 0 amide bonds. The molecule has 0 saturated carbocycles. The number of hydrogen-bond donors (Lipinski definition) is 0. The van der Waals surface area contributed by atoms with Crippen molar-refractivity contribution < 1.29 is 13.9 Å². The number of rotatable bonds is 5. The highest BCUT2D eigenvalue weighted by Gasteiger charge is 2.10. The van der Waals surface area contributed by atoms with E-state index in [0.29, 0.717) is 22.9 Å². The maximum Gasteiger partial charge on any atom is 0.166 e. The van der Waals surface area contributed by atoms with E-state index in [2.05, 4.69) is 0 Å². The molecule has 0 N–H and O–H groups in total. The first-order valence-electron chi connectivity index (χ1n) is 5.94. The molecule has 0 saturated heterocycles. The topological polar surface area (TPSA) is 18.5 Å². The molecule has 2 nitrogen and oxygen atoms in total. The lowest BCUT2D eigenvalue weighted by Gasteiger charge is -2.14. The van der Waals surface area contributed by atoms with Crippen LogP contribution in [0.4, 0.5) is 4.39 Å². The summed E-state index contributed by atoms with van der Waals surface area (Å²) in [6.07, 6.45) is 0. The SMILES string of the molecule is COc1cccc(CCl)c1OCc1ccc(Cl)c(F)c1. The average Bonchev–Trinajstić information content (AvgIpc) is 2.48. The molecule has 0 bridgehead atoms. The second-order valence-corrected chi connectivity index (χ2v) is 4.79. The van der Waals surface area contributed by atoms with Crippen LogP contribution < -0.4 is 9.47 Å². The molecule has 0 aromatic heterocycles. The van der Waals surface area contributed by atoms with Crippen LogP contribution in [0, 0.1) is 5.82 Å². The Morgan fingerprint density at radius 2 is 2.00 bits per heavy atom. The molecule has 2 rings (SSSR count). The third kappa shape index (κ3) is 3.35. The Morgan fingerprint density at radius 1 is 1.20 bits per heavy atom. The highest BCUT2D eigenvalue weighted by molar-refractivity contribution is 6.30. The molecule has 0 aliphatic heterocycles. The lowest BCUT2D eigenvalue weighted by Crippen LogP contribution is -2.00. The third-order valence-corrected chi connectivity index (χ3v) is 3.39. The first-order valence-corrected chi connectivity index (χ1v) is 6.85. The maximum absolute atomic E-state index is 13.4. The summed E-state index contributed by atoms with van der Waals surface area (Å²) in [6.45, 7) is 0.207. The summed E-state index contributed by atoms with van der Waals surface area (Å²) in [4.78, 5) is 0. The van der Waals surface area contributed by atoms with E-state index in [4.69, 9.17) is 32.7 Å². The molecule has 2 aromatic carbocycles. The van der Waals surface area contributed by atoms with E-state index in [-0.39, 0.29) is 11.6 Å². The third-order valence-electron chi connectivity index (χ3n) is 2.79. The number of methoxy groups -OCH3 is 1. The molecule has 2 aromatic rings. The Bertz CT molecular complexity index is 580. The Kier molecular flexibility index (Phi) is 5.10. The quantitative estimate of drug-likeness (QED) is 0.738. The van der Waals surface area contributed by atoms with Crippen molar-refractivity contribution in [2.75, 3.05) is 7.11 Å². The van der Waals surface area contributed by atoms with Crippen molar-refractivity contribution in [1.29, 1.82) is 0 Å². The van der Waals surface area contributed by atoms with Crippen molar-refractivity contribution in [2.24, 2.45) is 0 Å². The van der Waals surface area contributed by atoms with E-state index in [9.17, 15) is 4.39 Å². The number of halogens is 3. The number of hydrogen-bond acceptors (Lipinski definition) is 2. The van der Waals surface area contributed by atoms with Crippen LogP contribution in [0.2, 0.25) is 5.02 Å². The molecule has 0 atom stereocenters. The van der Waals surface area contributed by atoms with Crippen molar-refractivity contribution in [1.82, 2.24) is 0 Å². The number of alkyl halides is 1. The van der Waals surface area contributed by atoms with Gasteiger partial charge in [-0.2, -0.15) is 0 Å². The zero-order valence-electron chi connectivity index (χ0n) is 10.8. The fourth-order valence-electron chi connectivity index (χ4n) is 1.78. The second-order valence-electron chi connectivity index (χ2n) is 4.12.